The molecule has 4 nitrogen and oxygen atoms in total. The first-order valence-electron chi connectivity index (χ1n) is 7.44. The van der Waals surface area contributed by atoms with Crippen LogP contribution in [0.1, 0.15) is 42.6 Å². The van der Waals surface area contributed by atoms with Crippen molar-refractivity contribution < 1.29 is 22.2 Å². The van der Waals surface area contributed by atoms with Crippen molar-refractivity contribution in [2.75, 3.05) is 18.8 Å². The Bertz CT molecular complexity index is 615. The maximum Gasteiger partial charge on any atom is 0.418 e. The van der Waals surface area contributed by atoms with Crippen molar-refractivity contribution in [2.24, 2.45) is 0 Å². The molecule has 0 bridgehead atoms. The number of aromatic nitrogens is 1. The summed E-state index contributed by atoms with van der Waals surface area (Å²) in [6, 6.07) is 1.09. The van der Waals surface area contributed by atoms with Crippen molar-refractivity contribution in [1.29, 1.82) is 0 Å². The van der Waals surface area contributed by atoms with Crippen LogP contribution in [-0.4, -0.2) is 43.6 Å². The molecule has 1 aliphatic rings. The molecule has 1 amide bonds. The van der Waals surface area contributed by atoms with Gasteiger partial charge in [0.15, 0.2) is 0 Å². The summed E-state index contributed by atoms with van der Waals surface area (Å²) in [5.41, 5.74) is -1.43. The number of amides is 1. The van der Waals surface area contributed by atoms with Crippen LogP contribution in [0.5, 0.6) is 0 Å². The maximum atomic E-state index is 13.1. The second-order valence-electron chi connectivity index (χ2n) is 5.59. The second kappa shape index (κ2) is 6.59. The summed E-state index contributed by atoms with van der Waals surface area (Å²) < 4.78 is 50.9. The van der Waals surface area contributed by atoms with E-state index in [9.17, 15) is 22.2 Å². The van der Waals surface area contributed by atoms with Crippen LogP contribution in [0, 0.1) is 0 Å². The number of halogens is 3. The number of hydrogen-bond acceptors (Lipinski definition) is 3. The molecular weight excluding hydrogens is 329 g/mol. The van der Waals surface area contributed by atoms with E-state index in [0.29, 0.717) is 24.8 Å². The SMILES string of the molecule is CCC1(CC)CN(C(=O)c2ccncc2C(F)(F)F)CCS1=O. The van der Waals surface area contributed by atoms with Crippen LogP contribution < -0.4 is 0 Å². The number of rotatable bonds is 3. The number of pyridine rings is 1. The quantitative estimate of drug-likeness (QED) is 0.844. The Morgan fingerprint density at radius 3 is 2.61 bits per heavy atom. The van der Waals surface area contributed by atoms with Crippen molar-refractivity contribution in [1.82, 2.24) is 9.88 Å². The molecule has 1 atom stereocenters. The third-order valence-corrected chi connectivity index (χ3v) is 6.67. The summed E-state index contributed by atoms with van der Waals surface area (Å²) >= 11 is 0. The number of carbonyl (C=O) groups is 1. The molecule has 1 aromatic heterocycles. The molecular formula is C15H19F3N2O2S. The smallest absolute Gasteiger partial charge is 0.336 e. The van der Waals surface area contributed by atoms with E-state index in [1.807, 2.05) is 13.8 Å². The Morgan fingerprint density at radius 2 is 2.04 bits per heavy atom. The van der Waals surface area contributed by atoms with Gasteiger partial charge < -0.3 is 4.90 Å². The highest BCUT2D eigenvalue weighted by atomic mass is 32.2. The lowest BCUT2D eigenvalue weighted by atomic mass is 10.00. The van der Waals surface area contributed by atoms with Crippen LogP contribution in [0.3, 0.4) is 0 Å². The van der Waals surface area contributed by atoms with Gasteiger partial charge >= 0.3 is 6.18 Å². The minimum atomic E-state index is -4.63. The molecule has 0 radical (unpaired) electrons. The van der Waals surface area contributed by atoms with Crippen molar-refractivity contribution >= 4 is 16.7 Å². The maximum absolute atomic E-state index is 13.1. The van der Waals surface area contributed by atoms with Gasteiger partial charge in [0.05, 0.1) is 15.9 Å². The fourth-order valence-electron chi connectivity index (χ4n) is 2.85. The summed E-state index contributed by atoms with van der Waals surface area (Å²) in [4.78, 5) is 17.5. The molecule has 1 aromatic rings. The largest absolute Gasteiger partial charge is 0.418 e. The first-order valence-corrected chi connectivity index (χ1v) is 8.76. The Hall–Kier alpha value is -1.44. The van der Waals surface area contributed by atoms with Crippen molar-refractivity contribution in [2.45, 2.75) is 37.6 Å². The lowest BCUT2D eigenvalue weighted by Gasteiger charge is -2.41. The van der Waals surface area contributed by atoms with Crippen LogP contribution in [0.4, 0.5) is 13.2 Å². The average molecular weight is 348 g/mol. The first-order chi connectivity index (χ1) is 10.7. The zero-order valence-electron chi connectivity index (χ0n) is 13.0. The fraction of sp³-hybridized carbons (Fsp3) is 0.600. The highest BCUT2D eigenvalue weighted by Gasteiger charge is 2.42. The molecule has 0 saturated carbocycles. The van der Waals surface area contributed by atoms with Gasteiger partial charge in [-0.05, 0) is 18.9 Å². The number of hydrogen-bond donors (Lipinski definition) is 0. The first kappa shape index (κ1) is 17.9. The van der Waals surface area contributed by atoms with E-state index < -0.39 is 38.8 Å². The van der Waals surface area contributed by atoms with Crippen LogP contribution >= 0.6 is 0 Å². The van der Waals surface area contributed by atoms with Crippen LogP contribution in [0.2, 0.25) is 0 Å². The van der Waals surface area contributed by atoms with Crippen molar-refractivity contribution in [3.05, 3.63) is 29.6 Å². The van der Waals surface area contributed by atoms with Gasteiger partial charge in [0.25, 0.3) is 5.91 Å². The molecule has 2 heterocycles. The van der Waals surface area contributed by atoms with Gasteiger partial charge in [0.2, 0.25) is 0 Å². The van der Waals surface area contributed by atoms with Gasteiger partial charge in [-0.25, -0.2) is 0 Å². The zero-order valence-corrected chi connectivity index (χ0v) is 13.8. The molecule has 1 aliphatic heterocycles. The van der Waals surface area contributed by atoms with E-state index in [1.54, 1.807) is 0 Å². The zero-order chi connectivity index (χ0) is 17.3. The molecule has 1 saturated heterocycles. The molecule has 0 spiro atoms. The summed E-state index contributed by atoms with van der Waals surface area (Å²) in [5.74, 6) is -0.387. The van der Waals surface area contributed by atoms with Crippen LogP contribution in [0.15, 0.2) is 18.5 Å². The summed E-state index contributed by atoms with van der Waals surface area (Å²) in [7, 11) is -1.08. The van der Waals surface area contributed by atoms with Crippen LogP contribution in [-0.2, 0) is 17.0 Å². The Kier molecular flexibility index (Phi) is 5.13. The lowest BCUT2D eigenvalue weighted by Crippen LogP contribution is -2.54. The van der Waals surface area contributed by atoms with E-state index in [0.717, 1.165) is 6.07 Å². The molecule has 1 unspecified atom stereocenters. The second-order valence-corrected chi connectivity index (χ2v) is 7.55. The predicted molar refractivity (Wildman–Crippen MR) is 81.5 cm³/mol. The number of carbonyl (C=O) groups excluding carboxylic acids is 1. The molecule has 2 rings (SSSR count). The monoisotopic (exact) mass is 348 g/mol. The van der Waals surface area contributed by atoms with Gasteiger partial charge in [-0.15, -0.1) is 0 Å². The van der Waals surface area contributed by atoms with E-state index in [1.165, 1.54) is 11.1 Å². The highest BCUT2D eigenvalue weighted by Crippen LogP contribution is 2.33. The van der Waals surface area contributed by atoms with Crippen molar-refractivity contribution in [3.8, 4) is 0 Å². The minimum absolute atomic E-state index is 0.201. The summed E-state index contributed by atoms with van der Waals surface area (Å²) in [5, 5.41) is 0. The van der Waals surface area contributed by atoms with Gasteiger partial charge in [-0.2, -0.15) is 13.2 Å². The Morgan fingerprint density at radius 1 is 1.39 bits per heavy atom. The standard InChI is InChI=1S/C15H19F3N2O2S/c1-3-14(4-2)10-20(7-8-23(14)22)13(21)11-5-6-19-9-12(11)15(16,17)18/h5-6,9H,3-4,7-8,10H2,1-2H3. The predicted octanol–water partition coefficient (Wildman–Crippen LogP) is 2.86. The molecule has 128 valence electrons. The Labute approximate surface area is 135 Å². The molecule has 1 fully saturated rings. The average Bonchev–Trinajstić information content (AvgIpc) is 2.54. The van der Waals surface area contributed by atoms with Gasteiger partial charge in [-0.3, -0.25) is 14.0 Å². The van der Waals surface area contributed by atoms with E-state index in [2.05, 4.69) is 4.98 Å². The molecule has 0 aromatic carbocycles. The minimum Gasteiger partial charge on any atom is -0.336 e. The van der Waals surface area contributed by atoms with Gasteiger partial charge in [0, 0.05) is 42.0 Å². The molecule has 8 heteroatoms. The highest BCUT2D eigenvalue weighted by molar-refractivity contribution is 7.86. The molecule has 23 heavy (non-hydrogen) atoms. The normalized spacial score (nSPS) is 21.3. The van der Waals surface area contributed by atoms with Gasteiger partial charge in [0.1, 0.15) is 0 Å². The third kappa shape index (κ3) is 3.41. The molecule has 0 aliphatic carbocycles. The lowest BCUT2D eigenvalue weighted by molar-refractivity contribution is -0.138. The summed E-state index contributed by atoms with van der Waals surface area (Å²) in [6.07, 6.45) is -1.56. The van der Waals surface area contributed by atoms with E-state index in [4.69, 9.17) is 0 Å². The Balaban J connectivity index is 2.34. The van der Waals surface area contributed by atoms with Crippen LogP contribution in [0.25, 0.3) is 0 Å². The fourth-order valence-corrected chi connectivity index (χ4v) is 4.62. The van der Waals surface area contributed by atoms with Gasteiger partial charge in [-0.1, -0.05) is 13.8 Å². The topological polar surface area (TPSA) is 50.3 Å². The summed E-state index contributed by atoms with van der Waals surface area (Å²) in [6.45, 7) is 4.20. The number of nitrogens with zero attached hydrogens (tertiary/aromatic N) is 2. The van der Waals surface area contributed by atoms with Crippen molar-refractivity contribution in [3.63, 3.8) is 0 Å². The van der Waals surface area contributed by atoms with E-state index in [-0.39, 0.29) is 13.1 Å². The number of alkyl halides is 3. The van der Waals surface area contributed by atoms with E-state index >= 15 is 0 Å². The third-order valence-electron chi connectivity index (χ3n) is 4.44. The molecule has 0 N–H and O–H groups in total.